The van der Waals surface area contributed by atoms with Crippen molar-refractivity contribution in [3.63, 3.8) is 0 Å². The highest BCUT2D eigenvalue weighted by molar-refractivity contribution is 7.99. The molecule has 2 aromatic carbocycles. The molecule has 3 rings (SSSR count). The maximum atomic E-state index is 12.5. The van der Waals surface area contributed by atoms with Crippen molar-refractivity contribution in [2.24, 2.45) is 0 Å². The van der Waals surface area contributed by atoms with Crippen LogP contribution in [0.15, 0.2) is 64.2 Å². The first-order valence-electron chi connectivity index (χ1n) is 8.75. The van der Waals surface area contributed by atoms with Crippen LogP contribution in [-0.4, -0.2) is 43.1 Å². The maximum absolute atomic E-state index is 12.5. The second-order valence-electron chi connectivity index (χ2n) is 6.09. The molecule has 0 saturated heterocycles. The number of rotatable bonds is 8. The number of thioether (sulfide) groups is 1. The molecular formula is C19H20N4O4S2. The van der Waals surface area contributed by atoms with E-state index in [1.807, 2.05) is 37.3 Å². The Morgan fingerprint density at radius 1 is 1.10 bits per heavy atom. The molecule has 152 valence electrons. The highest BCUT2D eigenvalue weighted by atomic mass is 32.2. The zero-order chi connectivity index (χ0) is 20.9. The van der Waals surface area contributed by atoms with Crippen LogP contribution in [0.1, 0.15) is 6.92 Å². The van der Waals surface area contributed by atoms with Gasteiger partial charge in [-0.05, 0) is 43.3 Å². The third kappa shape index (κ3) is 5.81. The minimum atomic E-state index is -3.34. The molecule has 0 aliphatic heterocycles. The fraction of sp³-hybridized carbons (Fsp3) is 0.211. The van der Waals surface area contributed by atoms with E-state index < -0.39 is 10.0 Å². The predicted molar refractivity (Wildman–Crippen MR) is 113 cm³/mol. The summed E-state index contributed by atoms with van der Waals surface area (Å²) >= 11 is 1.17. The monoisotopic (exact) mass is 432 g/mol. The lowest BCUT2D eigenvalue weighted by molar-refractivity contribution is -0.116. The molecule has 0 unspecified atom stereocenters. The summed E-state index contributed by atoms with van der Waals surface area (Å²) in [6.45, 7) is 2.48. The number of hydrogen-bond donors (Lipinski definition) is 1. The number of carbonyl (C=O) groups is 1. The lowest BCUT2D eigenvalue weighted by Crippen LogP contribution is -2.32. The third-order valence-corrected chi connectivity index (χ3v) is 5.26. The van der Waals surface area contributed by atoms with E-state index in [4.69, 9.17) is 4.42 Å². The number of carbonyl (C=O) groups excluding carboxylic acids is 1. The van der Waals surface area contributed by atoms with Gasteiger partial charge in [0, 0.05) is 23.5 Å². The Morgan fingerprint density at radius 2 is 1.79 bits per heavy atom. The number of anilines is 2. The Bertz CT molecular complexity index is 1070. The average molecular weight is 433 g/mol. The molecule has 8 nitrogen and oxygen atoms in total. The van der Waals surface area contributed by atoms with Crippen molar-refractivity contribution in [3.05, 3.63) is 54.6 Å². The van der Waals surface area contributed by atoms with Crippen LogP contribution in [0.3, 0.4) is 0 Å². The maximum Gasteiger partial charge on any atom is 0.277 e. The summed E-state index contributed by atoms with van der Waals surface area (Å²) in [4.78, 5) is 14.2. The van der Waals surface area contributed by atoms with E-state index in [1.54, 1.807) is 29.2 Å². The summed E-state index contributed by atoms with van der Waals surface area (Å²) in [6, 6.07) is 16.0. The molecule has 0 bridgehead atoms. The molecule has 10 heteroatoms. The van der Waals surface area contributed by atoms with E-state index >= 15 is 0 Å². The molecule has 0 saturated carbocycles. The Kier molecular flexibility index (Phi) is 6.55. The van der Waals surface area contributed by atoms with Gasteiger partial charge in [-0.2, -0.15) is 0 Å². The number of benzene rings is 2. The Hall–Kier alpha value is -2.85. The quantitative estimate of drug-likeness (QED) is 0.545. The first-order valence-corrected chi connectivity index (χ1v) is 11.6. The average Bonchev–Trinajstić information content (AvgIpc) is 3.16. The molecule has 29 heavy (non-hydrogen) atoms. The molecule has 1 amide bonds. The van der Waals surface area contributed by atoms with Crippen LogP contribution in [-0.2, 0) is 14.8 Å². The summed E-state index contributed by atoms with van der Waals surface area (Å²) in [5, 5.41) is 8.25. The molecule has 1 N–H and O–H groups in total. The number of nitrogens with one attached hydrogen (secondary N) is 1. The van der Waals surface area contributed by atoms with Crippen molar-refractivity contribution in [1.29, 1.82) is 0 Å². The zero-order valence-corrected chi connectivity index (χ0v) is 17.5. The van der Waals surface area contributed by atoms with Gasteiger partial charge in [0.15, 0.2) is 0 Å². The van der Waals surface area contributed by atoms with Crippen LogP contribution in [0.4, 0.5) is 11.4 Å². The molecule has 0 atom stereocenters. The van der Waals surface area contributed by atoms with Gasteiger partial charge < -0.3 is 9.32 Å². The third-order valence-electron chi connectivity index (χ3n) is 3.85. The molecule has 3 aromatic rings. The topological polar surface area (TPSA) is 105 Å². The van der Waals surface area contributed by atoms with Crippen LogP contribution < -0.4 is 9.62 Å². The van der Waals surface area contributed by atoms with Gasteiger partial charge in [-0.1, -0.05) is 30.0 Å². The van der Waals surface area contributed by atoms with Crippen molar-refractivity contribution < 1.29 is 17.6 Å². The van der Waals surface area contributed by atoms with Gasteiger partial charge in [0.2, 0.25) is 21.8 Å². The van der Waals surface area contributed by atoms with Crippen molar-refractivity contribution >= 4 is 39.1 Å². The molecule has 0 fully saturated rings. The molecule has 0 spiro atoms. The molecule has 0 aliphatic rings. The highest BCUT2D eigenvalue weighted by Crippen LogP contribution is 2.25. The summed E-state index contributed by atoms with van der Waals surface area (Å²) in [5.74, 6) is 0.405. The normalized spacial score (nSPS) is 11.2. The zero-order valence-electron chi connectivity index (χ0n) is 15.9. The smallest absolute Gasteiger partial charge is 0.277 e. The van der Waals surface area contributed by atoms with Crippen molar-refractivity contribution in [3.8, 4) is 11.5 Å². The fourth-order valence-electron chi connectivity index (χ4n) is 2.59. The fourth-order valence-corrected chi connectivity index (χ4v) is 3.80. The van der Waals surface area contributed by atoms with Crippen LogP contribution >= 0.6 is 11.8 Å². The Morgan fingerprint density at radius 3 is 2.41 bits per heavy atom. The lowest BCUT2D eigenvalue weighted by Gasteiger charge is -2.20. The number of sulfonamides is 1. The number of aromatic nitrogens is 2. The van der Waals surface area contributed by atoms with Gasteiger partial charge in [0.1, 0.15) is 0 Å². The van der Waals surface area contributed by atoms with Gasteiger partial charge in [0.25, 0.3) is 5.22 Å². The highest BCUT2D eigenvalue weighted by Gasteiger charge is 2.16. The van der Waals surface area contributed by atoms with Crippen LogP contribution in [0.2, 0.25) is 0 Å². The molecule has 0 aliphatic carbocycles. The lowest BCUT2D eigenvalue weighted by atomic mass is 10.2. The van der Waals surface area contributed by atoms with Crippen molar-refractivity contribution in [2.45, 2.75) is 12.1 Å². The van der Waals surface area contributed by atoms with E-state index in [0.717, 1.165) is 11.9 Å². The summed E-state index contributed by atoms with van der Waals surface area (Å²) in [6.07, 6.45) is 1.08. The molecule has 1 aromatic heterocycles. The van der Waals surface area contributed by atoms with Crippen LogP contribution in [0.25, 0.3) is 11.5 Å². The van der Waals surface area contributed by atoms with E-state index in [9.17, 15) is 13.2 Å². The number of hydrogen-bond acceptors (Lipinski definition) is 7. The van der Waals surface area contributed by atoms with Crippen LogP contribution in [0.5, 0.6) is 0 Å². The standard InChI is InChI=1S/C19H20N4O4S2/c1-3-23(16-7-5-4-6-8-16)17(24)13-28-19-21-20-18(27-19)14-9-11-15(12-10-14)22-29(2,25)26/h4-12,22H,3,13H2,1-2H3. The molecule has 0 radical (unpaired) electrons. The predicted octanol–water partition coefficient (Wildman–Crippen LogP) is 3.25. The van der Waals surface area contributed by atoms with Gasteiger partial charge in [-0.25, -0.2) is 8.42 Å². The first kappa shape index (κ1) is 20.9. The van der Waals surface area contributed by atoms with E-state index in [1.165, 1.54) is 11.8 Å². The minimum Gasteiger partial charge on any atom is -0.411 e. The van der Waals surface area contributed by atoms with E-state index in [-0.39, 0.29) is 16.9 Å². The number of nitrogens with zero attached hydrogens (tertiary/aromatic N) is 3. The number of para-hydroxylation sites is 1. The van der Waals surface area contributed by atoms with Gasteiger partial charge >= 0.3 is 0 Å². The van der Waals surface area contributed by atoms with Crippen LogP contribution in [0, 0.1) is 0 Å². The van der Waals surface area contributed by atoms with Crippen molar-refractivity contribution in [1.82, 2.24) is 10.2 Å². The summed E-state index contributed by atoms with van der Waals surface area (Å²) in [7, 11) is -3.34. The van der Waals surface area contributed by atoms with Gasteiger partial charge in [-0.15, -0.1) is 10.2 Å². The second kappa shape index (κ2) is 9.10. The van der Waals surface area contributed by atoms with Gasteiger partial charge in [0.05, 0.1) is 12.0 Å². The van der Waals surface area contributed by atoms with E-state index in [2.05, 4.69) is 14.9 Å². The SMILES string of the molecule is CCN(C(=O)CSc1nnc(-c2ccc(NS(C)(=O)=O)cc2)o1)c1ccccc1. The van der Waals surface area contributed by atoms with Gasteiger partial charge in [-0.3, -0.25) is 9.52 Å². The Labute approximate surface area is 173 Å². The summed E-state index contributed by atoms with van der Waals surface area (Å²) in [5.41, 5.74) is 1.93. The van der Waals surface area contributed by atoms with E-state index in [0.29, 0.717) is 23.7 Å². The molecular weight excluding hydrogens is 412 g/mol. The second-order valence-corrected chi connectivity index (χ2v) is 8.76. The first-order chi connectivity index (χ1) is 13.9. The molecule has 1 heterocycles. The summed E-state index contributed by atoms with van der Waals surface area (Å²) < 4.78 is 30.5. The largest absolute Gasteiger partial charge is 0.411 e. The van der Waals surface area contributed by atoms with Crippen molar-refractivity contribution in [2.75, 3.05) is 28.2 Å². The minimum absolute atomic E-state index is 0.0559. The number of amides is 1. The Balaban J connectivity index is 1.62.